The zero-order valence-corrected chi connectivity index (χ0v) is 17.9. The summed E-state index contributed by atoms with van der Waals surface area (Å²) < 4.78 is 11.8. The van der Waals surface area contributed by atoms with Crippen molar-refractivity contribution in [1.82, 2.24) is 23.1 Å². The van der Waals surface area contributed by atoms with Crippen LogP contribution in [0.2, 0.25) is 0 Å². The third kappa shape index (κ3) is 3.07. The van der Waals surface area contributed by atoms with Gasteiger partial charge in [-0.2, -0.15) is 4.98 Å². The summed E-state index contributed by atoms with van der Waals surface area (Å²) >= 11 is 0. The maximum absolute atomic E-state index is 13.4. The third-order valence-corrected chi connectivity index (χ3v) is 5.60. The Hall–Kier alpha value is -3.91. The van der Waals surface area contributed by atoms with Crippen LogP contribution >= 0.6 is 0 Å². The van der Waals surface area contributed by atoms with Gasteiger partial charge >= 0.3 is 5.69 Å². The molecule has 5 aromatic rings. The maximum atomic E-state index is 13.4. The van der Waals surface area contributed by atoms with Crippen molar-refractivity contribution in [3.05, 3.63) is 87.7 Å². The first-order chi connectivity index (χ1) is 15.6. The van der Waals surface area contributed by atoms with E-state index in [1.807, 2.05) is 78.4 Å². The summed E-state index contributed by atoms with van der Waals surface area (Å²) in [7, 11) is 1.64. The van der Waals surface area contributed by atoms with Gasteiger partial charge in [0.15, 0.2) is 11.2 Å². The van der Waals surface area contributed by atoms with Crippen molar-refractivity contribution in [3.8, 4) is 16.9 Å². The lowest BCUT2D eigenvalue weighted by atomic mass is 10.1. The van der Waals surface area contributed by atoms with Crippen molar-refractivity contribution in [1.29, 1.82) is 0 Å². The van der Waals surface area contributed by atoms with Gasteiger partial charge in [-0.25, -0.2) is 4.79 Å². The summed E-state index contributed by atoms with van der Waals surface area (Å²) in [5, 5.41) is 0. The number of rotatable bonds is 6. The topological polar surface area (TPSA) is 75.5 Å². The molecule has 0 saturated carbocycles. The van der Waals surface area contributed by atoms with Crippen LogP contribution in [0.4, 0.5) is 0 Å². The highest BCUT2D eigenvalue weighted by molar-refractivity contribution is 5.79. The summed E-state index contributed by atoms with van der Waals surface area (Å²) in [4.78, 5) is 31.0. The highest BCUT2D eigenvalue weighted by atomic mass is 16.5. The molecule has 0 saturated heterocycles. The van der Waals surface area contributed by atoms with Gasteiger partial charge in [0.25, 0.3) is 5.56 Å². The number of aromatic nitrogens is 5. The summed E-state index contributed by atoms with van der Waals surface area (Å²) in [6.07, 6.45) is 1.91. The van der Waals surface area contributed by atoms with Gasteiger partial charge in [0.1, 0.15) is 0 Å². The molecule has 0 aliphatic carbocycles. The van der Waals surface area contributed by atoms with Gasteiger partial charge in [-0.3, -0.25) is 22.9 Å². The molecule has 0 radical (unpaired) electrons. The Morgan fingerprint density at radius 2 is 1.66 bits per heavy atom. The average molecular weight is 429 g/mol. The van der Waals surface area contributed by atoms with E-state index in [-0.39, 0.29) is 12.1 Å². The molecule has 3 heterocycles. The quantitative estimate of drug-likeness (QED) is 0.389. The monoisotopic (exact) mass is 429 g/mol. The number of benzene rings is 2. The second-order valence-electron chi connectivity index (χ2n) is 7.50. The van der Waals surface area contributed by atoms with Crippen LogP contribution in [-0.4, -0.2) is 36.3 Å². The summed E-state index contributed by atoms with van der Waals surface area (Å²) in [5.41, 5.74) is 2.75. The van der Waals surface area contributed by atoms with Crippen LogP contribution in [0.1, 0.15) is 6.92 Å². The molecular weight excluding hydrogens is 406 g/mol. The standard InChI is InChI=1S/C24H23N5O3/c1-3-32-15-14-27-22(30)20-21(26(2)24(27)31)25-23-28(20)16-19(17-10-6-4-7-11-17)29(23)18-12-8-5-9-13-18/h4-13,16H,3,14-15H2,1-2H3. The number of para-hydroxylation sites is 1. The summed E-state index contributed by atoms with van der Waals surface area (Å²) in [6.45, 7) is 2.88. The molecule has 5 rings (SSSR count). The fourth-order valence-corrected chi connectivity index (χ4v) is 4.04. The maximum Gasteiger partial charge on any atom is 0.332 e. The van der Waals surface area contributed by atoms with Gasteiger partial charge in [0.2, 0.25) is 5.78 Å². The molecule has 32 heavy (non-hydrogen) atoms. The summed E-state index contributed by atoms with van der Waals surface area (Å²) in [5.74, 6) is 0.569. The Balaban J connectivity index is 1.86. The smallest absolute Gasteiger partial charge is 0.332 e. The second-order valence-corrected chi connectivity index (χ2v) is 7.50. The normalized spacial score (nSPS) is 11.6. The highest BCUT2D eigenvalue weighted by Gasteiger charge is 2.22. The molecular formula is C24H23N5O3. The van der Waals surface area contributed by atoms with E-state index in [0.29, 0.717) is 30.2 Å². The molecule has 0 aliphatic heterocycles. The lowest BCUT2D eigenvalue weighted by Gasteiger charge is -2.09. The molecule has 0 N–H and O–H groups in total. The highest BCUT2D eigenvalue weighted by Crippen LogP contribution is 2.28. The van der Waals surface area contributed by atoms with E-state index >= 15 is 0 Å². The molecule has 0 spiro atoms. The van der Waals surface area contributed by atoms with Crippen molar-refractivity contribution in [3.63, 3.8) is 0 Å². The molecule has 0 atom stereocenters. The summed E-state index contributed by atoms with van der Waals surface area (Å²) in [6, 6.07) is 19.8. The molecule has 2 aromatic carbocycles. The van der Waals surface area contributed by atoms with Crippen LogP contribution in [0.15, 0.2) is 76.4 Å². The van der Waals surface area contributed by atoms with Crippen LogP contribution < -0.4 is 11.2 Å². The number of fused-ring (bicyclic) bond motifs is 3. The molecule has 8 nitrogen and oxygen atoms in total. The Morgan fingerprint density at radius 3 is 2.34 bits per heavy atom. The molecule has 0 aliphatic rings. The molecule has 0 unspecified atom stereocenters. The zero-order valence-electron chi connectivity index (χ0n) is 17.9. The number of aryl methyl sites for hydroxylation is 1. The van der Waals surface area contributed by atoms with Gasteiger partial charge in [-0.15, -0.1) is 0 Å². The van der Waals surface area contributed by atoms with Gasteiger partial charge in [0, 0.05) is 31.1 Å². The van der Waals surface area contributed by atoms with E-state index in [2.05, 4.69) is 0 Å². The minimum atomic E-state index is -0.405. The number of hydrogen-bond acceptors (Lipinski definition) is 4. The van der Waals surface area contributed by atoms with Crippen LogP contribution in [0.3, 0.4) is 0 Å². The lowest BCUT2D eigenvalue weighted by Crippen LogP contribution is -2.40. The van der Waals surface area contributed by atoms with Crippen molar-refractivity contribution < 1.29 is 4.74 Å². The Labute approximate surface area is 183 Å². The average Bonchev–Trinajstić information content (AvgIpc) is 3.37. The number of imidazole rings is 2. The number of nitrogens with zero attached hydrogens (tertiary/aromatic N) is 5. The Bertz CT molecular complexity index is 1530. The third-order valence-electron chi connectivity index (χ3n) is 5.60. The molecule has 162 valence electrons. The van der Waals surface area contributed by atoms with Gasteiger partial charge < -0.3 is 4.74 Å². The first kappa shape index (κ1) is 20.0. The van der Waals surface area contributed by atoms with E-state index in [1.54, 1.807) is 11.4 Å². The minimum absolute atomic E-state index is 0.188. The van der Waals surface area contributed by atoms with Crippen LogP contribution in [0.5, 0.6) is 0 Å². The van der Waals surface area contributed by atoms with Crippen LogP contribution in [-0.2, 0) is 18.3 Å². The molecule has 0 amide bonds. The molecule has 0 fully saturated rings. The van der Waals surface area contributed by atoms with E-state index < -0.39 is 5.69 Å². The first-order valence-corrected chi connectivity index (χ1v) is 10.5. The first-order valence-electron chi connectivity index (χ1n) is 10.5. The van der Waals surface area contributed by atoms with Crippen molar-refractivity contribution in [2.24, 2.45) is 7.05 Å². The van der Waals surface area contributed by atoms with Crippen molar-refractivity contribution in [2.75, 3.05) is 13.2 Å². The second kappa shape index (κ2) is 7.97. The fraction of sp³-hybridized carbons (Fsp3) is 0.208. The van der Waals surface area contributed by atoms with E-state index in [1.165, 1.54) is 9.13 Å². The lowest BCUT2D eigenvalue weighted by molar-refractivity contribution is 0.137. The number of ether oxygens (including phenoxy) is 1. The van der Waals surface area contributed by atoms with Crippen molar-refractivity contribution in [2.45, 2.75) is 13.5 Å². The minimum Gasteiger partial charge on any atom is -0.380 e. The van der Waals surface area contributed by atoms with Crippen LogP contribution in [0.25, 0.3) is 33.9 Å². The fourth-order valence-electron chi connectivity index (χ4n) is 4.04. The predicted octanol–water partition coefficient (Wildman–Crippen LogP) is 2.84. The predicted molar refractivity (Wildman–Crippen MR) is 123 cm³/mol. The molecule has 0 bridgehead atoms. The van der Waals surface area contributed by atoms with E-state index in [9.17, 15) is 9.59 Å². The molecule has 3 aromatic heterocycles. The van der Waals surface area contributed by atoms with E-state index in [4.69, 9.17) is 9.72 Å². The van der Waals surface area contributed by atoms with Gasteiger partial charge in [-0.05, 0) is 19.1 Å². The van der Waals surface area contributed by atoms with Crippen LogP contribution in [0, 0.1) is 0 Å². The Kier molecular flexibility index (Phi) is 4.99. The van der Waals surface area contributed by atoms with Gasteiger partial charge in [-0.1, -0.05) is 48.5 Å². The van der Waals surface area contributed by atoms with E-state index in [0.717, 1.165) is 16.9 Å². The zero-order chi connectivity index (χ0) is 22.2. The SMILES string of the molecule is CCOCCn1c(=O)c2c(nc3n(-c4ccccc4)c(-c4ccccc4)cn23)n(C)c1=O. The Morgan fingerprint density at radius 1 is 0.969 bits per heavy atom. The van der Waals surface area contributed by atoms with Crippen molar-refractivity contribution >= 4 is 16.9 Å². The molecule has 8 heteroatoms. The largest absolute Gasteiger partial charge is 0.380 e. The van der Waals surface area contributed by atoms with Gasteiger partial charge in [0.05, 0.1) is 18.8 Å². The number of hydrogen-bond donors (Lipinski definition) is 0.